The molecule has 122 valence electrons. The van der Waals surface area contributed by atoms with Gasteiger partial charge in [-0.05, 0) is 48.2 Å². The zero-order valence-electron chi connectivity index (χ0n) is 13.9. The van der Waals surface area contributed by atoms with E-state index in [9.17, 15) is 4.79 Å². The molecule has 0 bridgehead atoms. The summed E-state index contributed by atoms with van der Waals surface area (Å²) in [5.74, 6) is 0.429. The molecule has 3 nitrogen and oxygen atoms in total. The van der Waals surface area contributed by atoms with Gasteiger partial charge in [0.05, 0.1) is 0 Å². The van der Waals surface area contributed by atoms with Crippen LogP contribution < -0.4 is 10.1 Å². The van der Waals surface area contributed by atoms with Crippen molar-refractivity contribution in [2.45, 2.75) is 39.2 Å². The summed E-state index contributed by atoms with van der Waals surface area (Å²) in [5, 5.41) is 3.59. The average molecular weight is 332 g/mol. The molecule has 0 heterocycles. The van der Waals surface area contributed by atoms with Gasteiger partial charge in [-0.1, -0.05) is 50.6 Å². The fraction of sp³-hybridized carbons (Fsp3) is 0.316. The summed E-state index contributed by atoms with van der Waals surface area (Å²) in [7, 11) is 0. The molecule has 2 rings (SSSR count). The molecule has 0 saturated heterocycles. The highest BCUT2D eigenvalue weighted by Crippen LogP contribution is 2.29. The minimum absolute atomic E-state index is 0.0514. The van der Waals surface area contributed by atoms with Crippen LogP contribution in [0.15, 0.2) is 48.5 Å². The number of para-hydroxylation sites is 1. The Morgan fingerprint density at radius 1 is 1.09 bits per heavy atom. The number of hydrogen-bond donors (Lipinski definition) is 1. The molecule has 1 amide bonds. The monoisotopic (exact) mass is 331 g/mol. The molecular formula is C19H22ClNO2. The Balaban J connectivity index is 2.08. The lowest BCUT2D eigenvalue weighted by atomic mass is 9.86. The first-order valence-corrected chi connectivity index (χ1v) is 7.98. The van der Waals surface area contributed by atoms with Gasteiger partial charge in [-0.15, -0.1) is 0 Å². The number of rotatable bonds is 4. The molecule has 0 aliphatic carbocycles. The van der Waals surface area contributed by atoms with Crippen molar-refractivity contribution >= 4 is 23.2 Å². The van der Waals surface area contributed by atoms with Crippen molar-refractivity contribution in [2.75, 3.05) is 5.32 Å². The topological polar surface area (TPSA) is 38.3 Å². The van der Waals surface area contributed by atoms with Gasteiger partial charge in [-0.2, -0.15) is 0 Å². The predicted octanol–water partition coefficient (Wildman–Crippen LogP) is 5.04. The van der Waals surface area contributed by atoms with Gasteiger partial charge in [-0.3, -0.25) is 4.79 Å². The van der Waals surface area contributed by atoms with Gasteiger partial charge in [0.25, 0.3) is 5.91 Å². The molecule has 0 aromatic heterocycles. The summed E-state index contributed by atoms with van der Waals surface area (Å²) in [4.78, 5) is 12.4. The van der Waals surface area contributed by atoms with E-state index >= 15 is 0 Å². The van der Waals surface area contributed by atoms with Crippen LogP contribution in [0.1, 0.15) is 33.3 Å². The Morgan fingerprint density at radius 2 is 1.70 bits per heavy atom. The van der Waals surface area contributed by atoms with E-state index in [4.69, 9.17) is 16.3 Å². The summed E-state index contributed by atoms with van der Waals surface area (Å²) >= 11 is 5.84. The number of halogens is 1. The molecule has 0 aliphatic rings. The summed E-state index contributed by atoms with van der Waals surface area (Å²) in [6.45, 7) is 8.08. The minimum atomic E-state index is -0.607. The molecule has 4 heteroatoms. The smallest absolute Gasteiger partial charge is 0.265 e. The number of anilines is 1. The van der Waals surface area contributed by atoms with Gasteiger partial charge in [0.15, 0.2) is 6.10 Å². The zero-order valence-corrected chi connectivity index (χ0v) is 14.6. The Labute approximate surface area is 142 Å². The van der Waals surface area contributed by atoms with Crippen LogP contribution in [0.4, 0.5) is 5.69 Å². The van der Waals surface area contributed by atoms with Gasteiger partial charge in [0, 0.05) is 10.7 Å². The summed E-state index contributed by atoms with van der Waals surface area (Å²) in [6.07, 6.45) is -0.607. The zero-order chi connectivity index (χ0) is 17.0. The van der Waals surface area contributed by atoms with E-state index in [0.717, 1.165) is 11.3 Å². The van der Waals surface area contributed by atoms with E-state index < -0.39 is 6.10 Å². The number of benzene rings is 2. The second-order valence-electron chi connectivity index (χ2n) is 6.50. The molecule has 0 spiro atoms. The van der Waals surface area contributed by atoms with Crippen LogP contribution in [0, 0.1) is 0 Å². The van der Waals surface area contributed by atoms with E-state index in [0.29, 0.717) is 10.8 Å². The van der Waals surface area contributed by atoms with Gasteiger partial charge in [-0.25, -0.2) is 0 Å². The van der Waals surface area contributed by atoms with E-state index in [2.05, 4.69) is 26.1 Å². The lowest BCUT2D eigenvalue weighted by molar-refractivity contribution is -0.122. The van der Waals surface area contributed by atoms with Gasteiger partial charge in [0.2, 0.25) is 0 Å². The predicted molar refractivity (Wildman–Crippen MR) is 95.3 cm³/mol. The van der Waals surface area contributed by atoms with E-state index in [1.54, 1.807) is 31.2 Å². The molecule has 2 aromatic carbocycles. The fourth-order valence-corrected chi connectivity index (χ4v) is 2.38. The van der Waals surface area contributed by atoms with Crippen molar-refractivity contribution in [3.63, 3.8) is 0 Å². The molecule has 23 heavy (non-hydrogen) atoms. The van der Waals surface area contributed by atoms with Crippen LogP contribution >= 0.6 is 11.6 Å². The van der Waals surface area contributed by atoms with Crippen molar-refractivity contribution in [2.24, 2.45) is 0 Å². The number of amides is 1. The van der Waals surface area contributed by atoms with Gasteiger partial charge in [0.1, 0.15) is 5.75 Å². The van der Waals surface area contributed by atoms with Crippen molar-refractivity contribution < 1.29 is 9.53 Å². The van der Waals surface area contributed by atoms with Crippen molar-refractivity contribution in [1.29, 1.82) is 0 Å². The second kappa shape index (κ2) is 7.05. The molecule has 2 aromatic rings. The van der Waals surface area contributed by atoms with Crippen LogP contribution in [-0.4, -0.2) is 12.0 Å². The molecule has 0 aliphatic heterocycles. The first kappa shape index (κ1) is 17.4. The Morgan fingerprint density at radius 3 is 2.30 bits per heavy atom. The third-order valence-electron chi connectivity index (χ3n) is 3.49. The molecule has 0 saturated carbocycles. The lowest BCUT2D eigenvalue weighted by Gasteiger charge is -2.24. The van der Waals surface area contributed by atoms with Crippen molar-refractivity contribution in [3.8, 4) is 5.75 Å². The van der Waals surface area contributed by atoms with Crippen LogP contribution in [0.3, 0.4) is 0 Å². The number of carbonyl (C=O) groups is 1. The van der Waals surface area contributed by atoms with Gasteiger partial charge >= 0.3 is 0 Å². The average Bonchev–Trinajstić information content (AvgIpc) is 2.49. The SMILES string of the molecule is CC(Oc1ccc(Cl)cc1)C(=O)Nc1ccccc1C(C)(C)C. The van der Waals surface area contributed by atoms with Gasteiger partial charge < -0.3 is 10.1 Å². The number of carbonyl (C=O) groups excluding carboxylic acids is 1. The summed E-state index contributed by atoms with van der Waals surface area (Å²) in [6, 6.07) is 14.8. The van der Waals surface area contributed by atoms with Crippen molar-refractivity contribution in [1.82, 2.24) is 0 Å². The first-order chi connectivity index (χ1) is 10.8. The van der Waals surface area contributed by atoms with Crippen LogP contribution in [0.2, 0.25) is 5.02 Å². The van der Waals surface area contributed by atoms with E-state index in [1.807, 2.05) is 24.3 Å². The fourth-order valence-electron chi connectivity index (χ4n) is 2.25. The highest BCUT2D eigenvalue weighted by Gasteiger charge is 2.21. The highest BCUT2D eigenvalue weighted by molar-refractivity contribution is 6.30. The third kappa shape index (κ3) is 4.73. The largest absolute Gasteiger partial charge is 0.481 e. The first-order valence-electron chi connectivity index (χ1n) is 7.60. The Kier molecular flexibility index (Phi) is 5.32. The maximum Gasteiger partial charge on any atom is 0.265 e. The second-order valence-corrected chi connectivity index (χ2v) is 6.94. The molecule has 0 radical (unpaired) electrons. The standard InChI is InChI=1S/C19H22ClNO2/c1-13(23-15-11-9-14(20)10-12-15)18(22)21-17-8-6-5-7-16(17)19(2,3)4/h5-13H,1-4H3,(H,21,22). The molecular weight excluding hydrogens is 310 g/mol. The van der Waals surface area contributed by atoms with Crippen LogP contribution in [-0.2, 0) is 10.2 Å². The molecule has 1 unspecified atom stereocenters. The Bertz CT molecular complexity index is 675. The normalized spacial score (nSPS) is 12.6. The highest BCUT2D eigenvalue weighted by atomic mass is 35.5. The number of hydrogen-bond acceptors (Lipinski definition) is 2. The summed E-state index contributed by atoms with van der Waals surface area (Å²) in [5.41, 5.74) is 1.85. The third-order valence-corrected chi connectivity index (χ3v) is 3.74. The Hall–Kier alpha value is -2.00. The minimum Gasteiger partial charge on any atom is -0.481 e. The number of ether oxygens (including phenoxy) is 1. The lowest BCUT2D eigenvalue weighted by Crippen LogP contribution is -2.31. The maximum absolute atomic E-state index is 12.4. The van der Waals surface area contributed by atoms with Crippen molar-refractivity contribution in [3.05, 3.63) is 59.1 Å². The van der Waals surface area contributed by atoms with E-state index in [1.165, 1.54) is 0 Å². The van der Waals surface area contributed by atoms with E-state index in [-0.39, 0.29) is 11.3 Å². The molecule has 0 fully saturated rings. The van der Waals surface area contributed by atoms with Crippen LogP contribution in [0.25, 0.3) is 0 Å². The quantitative estimate of drug-likeness (QED) is 0.852. The van der Waals surface area contributed by atoms with Crippen LogP contribution in [0.5, 0.6) is 5.75 Å². The maximum atomic E-state index is 12.4. The molecule has 1 atom stereocenters. The number of nitrogens with one attached hydrogen (secondary N) is 1. The molecule has 1 N–H and O–H groups in total. The summed E-state index contributed by atoms with van der Waals surface area (Å²) < 4.78 is 5.66.